The van der Waals surface area contributed by atoms with Gasteiger partial charge in [-0.2, -0.15) is 5.10 Å². The summed E-state index contributed by atoms with van der Waals surface area (Å²) in [5, 5.41) is 7.69. The van der Waals surface area contributed by atoms with Crippen LogP contribution in [0.25, 0.3) is 5.52 Å². The van der Waals surface area contributed by atoms with Gasteiger partial charge in [-0.25, -0.2) is 4.52 Å². The van der Waals surface area contributed by atoms with Crippen LogP contribution in [0.4, 0.5) is 0 Å². The van der Waals surface area contributed by atoms with Gasteiger partial charge in [0, 0.05) is 35.3 Å². The molecular weight excluding hydrogens is 280 g/mol. The average molecular weight is 293 g/mol. The number of halogens is 1. The number of hydrogen-bond donors (Lipinski definition) is 1. The number of likely N-dealkylation sites (N-methyl/N-ethyl adjacent to an activating group) is 1. The van der Waals surface area contributed by atoms with E-state index in [1.54, 1.807) is 17.5 Å². The molecule has 98 valence electrons. The Morgan fingerprint density at radius 3 is 3.05 bits per heavy atom. The number of thiophene rings is 1. The third kappa shape index (κ3) is 2.49. The Morgan fingerprint density at radius 2 is 2.32 bits per heavy atom. The van der Waals surface area contributed by atoms with Crippen LogP contribution in [-0.4, -0.2) is 21.6 Å². The summed E-state index contributed by atoms with van der Waals surface area (Å²) >= 11 is 7.60. The lowest BCUT2D eigenvalue weighted by Crippen LogP contribution is -2.18. The Kier molecular flexibility index (Phi) is 3.50. The highest BCUT2D eigenvalue weighted by Crippen LogP contribution is 2.27. The molecule has 1 atom stereocenters. The second kappa shape index (κ2) is 5.28. The van der Waals surface area contributed by atoms with E-state index in [9.17, 15) is 0 Å². The molecule has 0 amide bonds. The van der Waals surface area contributed by atoms with Crippen molar-refractivity contribution in [2.75, 3.05) is 7.05 Å². The van der Waals surface area contributed by atoms with Crippen LogP contribution < -0.4 is 5.32 Å². The largest absolute Gasteiger partial charge is 0.313 e. The Morgan fingerprint density at radius 1 is 1.42 bits per heavy atom. The van der Waals surface area contributed by atoms with Crippen LogP contribution in [0.1, 0.15) is 16.5 Å². The molecule has 0 aliphatic rings. The summed E-state index contributed by atoms with van der Waals surface area (Å²) in [5.74, 6) is 0. The summed E-state index contributed by atoms with van der Waals surface area (Å²) < 4.78 is 2.67. The smallest absolute Gasteiger partial charge is 0.0931 e. The van der Waals surface area contributed by atoms with Crippen LogP contribution in [0.5, 0.6) is 0 Å². The van der Waals surface area contributed by atoms with E-state index in [0.29, 0.717) is 0 Å². The van der Waals surface area contributed by atoms with Gasteiger partial charge in [0.25, 0.3) is 0 Å². The van der Waals surface area contributed by atoms with E-state index < -0.39 is 0 Å². The van der Waals surface area contributed by atoms with Crippen molar-refractivity contribution in [3.05, 3.63) is 51.7 Å². The van der Waals surface area contributed by atoms with E-state index >= 15 is 0 Å². The van der Waals surface area contributed by atoms with Crippen molar-refractivity contribution in [3.63, 3.8) is 0 Å². The third-order valence-electron chi connectivity index (χ3n) is 3.11. The molecule has 0 aliphatic carbocycles. The predicted molar refractivity (Wildman–Crippen MR) is 77.8 cm³/mol. The Labute approximate surface area is 120 Å². The molecule has 1 N–H and O–H groups in total. The topological polar surface area (TPSA) is 42.2 Å². The maximum Gasteiger partial charge on any atom is 0.0931 e. The molecule has 0 saturated heterocycles. The quantitative estimate of drug-likeness (QED) is 0.804. The first-order valence-corrected chi connectivity index (χ1v) is 7.16. The molecule has 6 heteroatoms. The lowest BCUT2D eigenvalue weighted by molar-refractivity contribution is 0.600. The molecule has 0 spiro atoms. The molecule has 0 bridgehead atoms. The van der Waals surface area contributed by atoms with Crippen molar-refractivity contribution < 1.29 is 0 Å². The zero-order valence-electron chi connectivity index (χ0n) is 10.4. The van der Waals surface area contributed by atoms with Crippen LogP contribution in [0.2, 0.25) is 4.34 Å². The van der Waals surface area contributed by atoms with Gasteiger partial charge >= 0.3 is 0 Å². The van der Waals surface area contributed by atoms with E-state index in [2.05, 4.69) is 21.5 Å². The van der Waals surface area contributed by atoms with Gasteiger partial charge in [-0.1, -0.05) is 11.6 Å². The highest BCUT2D eigenvalue weighted by molar-refractivity contribution is 7.16. The molecule has 3 aromatic heterocycles. The lowest BCUT2D eigenvalue weighted by atomic mass is 10.1. The molecule has 0 fully saturated rings. The Hall–Kier alpha value is -1.43. The van der Waals surface area contributed by atoms with Gasteiger partial charge in [-0.05, 0) is 19.2 Å². The first-order chi connectivity index (χ1) is 9.28. The monoisotopic (exact) mass is 292 g/mol. The molecule has 0 aromatic carbocycles. The Balaban J connectivity index is 1.93. The minimum Gasteiger partial charge on any atom is -0.313 e. The van der Waals surface area contributed by atoms with Crippen molar-refractivity contribution in [1.82, 2.24) is 19.9 Å². The minimum atomic E-state index is 0.205. The number of nitrogens with zero attached hydrogens (tertiary/aromatic N) is 3. The van der Waals surface area contributed by atoms with Crippen LogP contribution in [0.3, 0.4) is 0 Å². The number of rotatable bonds is 4. The van der Waals surface area contributed by atoms with Gasteiger partial charge in [-0.3, -0.25) is 4.98 Å². The number of fused-ring (bicyclic) bond motifs is 1. The van der Waals surface area contributed by atoms with Gasteiger partial charge in [0.2, 0.25) is 0 Å². The van der Waals surface area contributed by atoms with Crippen LogP contribution in [-0.2, 0) is 6.42 Å². The fourth-order valence-electron chi connectivity index (χ4n) is 2.15. The third-order valence-corrected chi connectivity index (χ3v) is 4.37. The number of aromatic nitrogens is 3. The summed E-state index contributed by atoms with van der Waals surface area (Å²) in [4.78, 5) is 5.42. The van der Waals surface area contributed by atoms with Crippen molar-refractivity contribution in [2.24, 2.45) is 0 Å². The normalized spacial score (nSPS) is 12.9. The maximum absolute atomic E-state index is 5.98. The molecule has 1 unspecified atom stereocenters. The van der Waals surface area contributed by atoms with E-state index in [0.717, 1.165) is 21.8 Å². The van der Waals surface area contributed by atoms with E-state index in [4.69, 9.17) is 11.6 Å². The van der Waals surface area contributed by atoms with Gasteiger partial charge in [0.05, 0.1) is 22.2 Å². The maximum atomic E-state index is 5.98. The molecular formula is C13H13ClN4S. The SMILES string of the molecule is CNC(Cc1ccc(Cl)s1)c1cnn2ccncc12. The predicted octanol–water partition coefficient (Wildman–Crippen LogP) is 2.95. The lowest BCUT2D eigenvalue weighted by Gasteiger charge is -2.13. The summed E-state index contributed by atoms with van der Waals surface area (Å²) in [5.41, 5.74) is 2.18. The fourth-order valence-corrected chi connectivity index (χ4v) is 3.28. The van der Waals surface area contributed by atoms with Crippen LogP contribution in [0, 0.1) is 0 Å². The van der Waals surface area contributed by atoms with Gasteiger partial charge in [0.15, 0.2) is 0 Å². The second-order valence-corrected chi connectivity index (χ2v) is 6.06. The van der Waals surface area contributed by atoms with Crippen molar-refractivity contribution in [2.45, 2.75) is 12.5 Å². The van der Waals surface area contributed by atoms with Crippen molar-refractivity contribution in [3.8, 4) is 0 Å². The van der Waals surface area contributed by atoms with Crippen LogP contribution >= 0.6 is 22.9 Å². The van der Waals surface area contributed by atoms with E-state index in [-0.39, 0.29) is 6.04 Å². The molecule has 3 aromatic rings. The molecule has 0 aliphatic heterocycles. The van der Waals surface area contributed by atoms with Gasteiger partial charge < -0.3 is 5.32 Å². The molecule has 3 heterocycles. The summed E-state index contributed by atoms with van der Waals surface area (Å²) in [6.45, 7) is 0. The van der Waals surface area contributed by atoms with Crippen molar-refractivity contribution >= 4 is 28.5 Å². The molecule has 4 nitrogen and oxygen atoms in total. The number of nitrogens with one attached hydrogen (secondary N) is 1. The first kappa shape index (κ1) is 12.6. The number of hydrogen-bond acceptors (Lipinski definition) is 4. The van der Waals surface area contributed by atoms with E-state index in [1.165, 1.54) is 4.88 Å². The second-order valence-electron chi connectivity index (χ2n) is 4.26. The Bertz CT molecular complexity index is 691. The molecule has 0 radical (unpaired) electrons. The summed E-state index contributed by atoms with van der Waals surface area (Å²) in [7, 11) is 1.96. The van der Waals surface area contributed by atoms with Gasteiger partial charge in [-0.15, -0.1) is 11.3 Å². The first-order valence-electron chi connectivity index (χ1n) is 5.96. The highest BCUT2D eigenvalue weighted by Gasteiger charge is 2.16. The van der Waals surface area contributed by atoms with Crippen LogP contribution in [0.15, 0.2) is 36.9 Å². The zero-order chi connectivity index (χ0) is 13.2. The summed E-state index contributed by atoms with van der Waals surface area (Å²) in [6.07, 6.45) is 8.22. The molecule has 3 rings (SSSR count). The zero-order valence-corrected chi connectivity index (χ0v) is 11.9. The standard InChI is InChI=1S/C13H13ClN4S/c1-15-11(6-9-2-3-13(14)19-9)10-7-17-18-5-4-16-8-12(10)18/h2-5,7-8,11,15H,6H2,1H3. The van der Waals surface area contributed by atoms with Crippen molar-refractivity contribution in [1.29, 1.82) is 0 Å². The minimum absolute atomic E-state index is 0.205. The molecule has 0 saturated carbocycles. The van der Waals surface area contributed by atoms with Gasteiger partial charge in [0.1, 0.15) is 0 Å². The van der Waals surface area contributed by atoms with E-state index in [1.807, 2.05) is 36.2 Å². The fraction of sp³-hybridized carbons (Fsp3) is 0.231. The summed E-state index contributed by atoms with van der Waals surface area (Å²) in [6, 6.07) is 4.21. The average Bonchev–Trinajstić information content (AvgIpc) is 3.02. The highest BCUT2D eigenvalue weighted by atomic mass is 35.5. The molecule has 19 heavy (non-hydrogen) atoms.